The standard InChI is InChI=1S/C53H76N8O9/c1-29(2)26-60-21-18-53(19-22-60)58-42-39-40-46(64)35(8)49-41(39)50(66)52(9,70-49)68-23-13-16-31(4)48(69-38(62)28-61(55)27-37(54)36-17-10-11-20-56-25-36)34(7)45(63)33(6)24-30(3)14-12-15-32(5)51(67)57-44(47(40)65)43(42)59-53/h12-15,23,27,29-31,33-34,36,45,48,56,63-65H,10-11,16-22,24-26,28,54-55H2,1-9H3,(H,57,67)/b14-12+,23-13+,32-15-,37-27-/t30?,31-,33-,34-,36?,45?,48?,52?/m1/s1. The fraction of sp³-hybridized carbons (Fsp3) is 0.604. The number of rotatable bonds is 7. The molecule has 2 aromatic carbocycles. The first-order chi connectivity index (χ1) is 33.1. The van der Waals surface area contributed by atoms with Gasteiger partial charge in [-0.3, -0.25) is 24.4 Å². The molecule has 2 aromatic rings. The molecular weight excluding hydrogens is 893 g/mol. The van der Waals surface area contributed by atoms with Crippen LogP contribution in [0, 0.1) is 42.4 Å². The number of ether oxygens (including phenoxy) is 3. The number of hydrogen-bond acceptors (Lipinski definition) is 16. The molecule has 6 aliphatic heterocycles. The van der Waals surface area contributed by atoms with Crippen molar-refractivity contribution in [1.29, 1.82) is 0 Å². The number of aromatic hydroxyl groups is 2. The topological polar surface area (TPSA) is 247 Å². The summed E-state index contributed by atoms with van der Waals surface area (Å²) in [5, 5.41) is 44.0. The highest BCUT2D eigenvalue weighted by molar-refractivity contribution is 6.19. The van der Waals surface area contributed by atoms with Gasteiger partial charge in [0.15, 0.2) is 11.4 Å². The third-order valence-electron chi connectivity index (χ3n) is 14.8. The molecule has 1 spiro atoms. The zero-order chi connectivity index (χ0) is 50.8. The summed E-state index contributed by atoms with van der Waals surface area (Å²) < 4.78 is 18.7. The van der Waals surface area contributed by atoms with Crippen molar-refractivity contribution in [2.45, 2.75) is 131 Å². The van der Waals surface area contributed by atoms with E-state index in [9.17, 15) is 29.7 Å². The Kier molecular flexibility index (Phi) is 16.1. The lowest BCUT2D eigenvalue weighted by atomic mass is 9.80. The molecule has 5 bridgehead atoms. The van der Waals surface area contributed by atoms with Gasteiger partial charge in [-0.1, -0.05) is 66.2 Å². The van der Waals surface area contributed by atoms with Gasteiger partial charge in [-0.2, -0.15) is 0 Å². The van der Waals surface area contributed by atoms with Crippen molar-refractivity contribution in [1.82, 2.24) is 15.2 Å². The number of carbonyl (C=O) groups excluding carboxylic acids is 3. The third kappa shape index (κ3) is 11.0. The van der Waals surface area contributed by atoms with Gasteiger partial charge in [0, 0.05) is 86.2 Å². The van der Waals surface area contributed by atoms with Gasteiger partial charge in [-0.15, -0.1) is 0 Å². The van der Waals surface area contributed by atoms with E-state index in [2.05, 4.69) is 29.4 Å². The highest BCUT2D eigenvalue weighted by Gasteiger charge is 2.50. The number of hydrogen-bond donors (Lipinski definition) is 7. The molecule has 8 rings (SSSR count). The molecule has 8 atom stereocenters. The highest BCUT2D eigenvalue weighted by atomic mass is 16.7. The molecule has 5 unspecified atom stereocenters. The van der Waals surface area contributed by atoms with E-state index in [1.54, 1.807) is 38.3 Å². The minimum Gasteiger partial charge on any atom is -0.507 e. The lowest BCUT2D eigenvalue weighted by Gasteiger charge is -2.36. The number of Topliss-reactive ketones (excluding diaryl/α,β-unsaturated/α-hetero) is 1. The van der Waals surface area contributed by atoms with Crippen LogP contribution in [0.3, 0.4) is 0 Å². The van der Waals surface area contributed by atoms with E-state index in [0.29, 0.717) is 42.9 Å². The molecule has 0 aromatic heterocycles. The van der Waals surface area contributed by atoms with Crippen LogP contribution in [0.4, 0.5) is 5.69 Å². The number of nitrogens with two attached hydrogens (primary N) is 2. The average Bonchev–Trinajstić information content (AvgIpc) is 3.63. The van der Waals surface area contributed by atoms with Crippen molar-refractivity contribution < 1.29 is 43.9 Å². The number of fused-ring (bicyclic) bond motifs is 13. The normalized spacial score (nSPS) is 30.6. The number of ketones is 1. The number of aliphatic hydroxyl groups excluding tert-OH is 1. The Bertz CT molecular complexity index is 2580. The summed E-state index contributed by atoms with van der Waals surface area (Å²) in [6.07, 6.45) is 13.5. The number of hydrazine groups is 1. The average molecular weight is 969 g/mol. The van der Waals surface area contributed by atoms with Crippen LogP contribution in [0.1, 0.15) is 116 Å². The molecule has 382 valence electrons. The first-order valence-corrected chi connectivity index (χ1v) is 25.2. The molecule has 17 heteroatoms. The lowest BCUT2D eigenvalue weighted by Crippen LogP contribution is -2.43. The number of nitrogens with one attached hydrogen (secondary N) is 2. The van der Waals surface area contributed by atoms with Crippen LogP contribution in [-0.2, 0) is 19.1 Å². The van der Waals surface area contributed by atoms with Gasteiger partial charge < -0.3 is 55.8 Å². The number of allylic oxidation sites excluding steroid dienone is 4. The van der Waals surface area contributed by atoms with E-state index < -0.39 is 53.0 Å². The van der Waals surface area contributed by atoms with Crippen LogP contribution in [0.25, 0.3) is 10.8 Å². The van der Waals surface area contributed by atoms with Crippen molar-refractivity contribution in [3.8, 4) is 17.2 Å². The van der Waals surface area contributed by atoms with E-state index in [0.717, 1.165) is 52.0 Å². The van der Waals surface area contributed by atoms with Crippen molar-refractivity contribution in [2.24, 2.45) is 57.1 Å². The number of carbonyl (C=O) groups is 3. The molecule has 17 nitrogen and oxygen atoms in total. The summed E-state index contributed by atoms with van der Waals surface area (Å²) in [4.78, 5) is 55.2. The van der Waals surface area contributed by atoms with Crippen LogP contribution in [-0.4, -0.2) is 106 Å². The van der Waals surface area contributed by atoms with Crippen LogP contribution >= 0.6 is 0 Å². The van der Waals surface area contributed by atoms with Crippen molar-refractivity contribution >= 4 is 34.1 Å². The Morgan fingerprint density at radius 1 is 1.06 bits per heavy atom. The largest absolute Gasteiger partial charge is 0.507 e. The predicted molar refractivity (Wildman–Crippen MR) is 268 cm³/mol. The number of likely N-dealkylation sites (tertiary alicyclic amines) is 1. The number of aliphatic hydroxyl groups is 1. The molecule has 9 N–H and O–H groups in total. The maximum atomic E-state index is 14.8. The van der Waals surface area contributed by atoms with E-state index in [1.165, 1.54) is 18.2 Å². The van der Waals surface area contributed by atoms with E-state index in [-0.39, 0.29) is 80.0 Å². The molecule has 6 aliphatic rings. The Balaban J connectivity index is 1.25. The lowest BCUT2D eigenvalue weighted by molar-refractivity contribution is -0.159. The summed E-state index contributed by atoms with van der Waals surface area (Å²) in [6.45, 7) is 20.6. The van der Waals surface area contributed by atoms with Gasteiger partial charge in [0.05, 0.1) is 28.7 Å². The molecule has 0 radical (unpaired) electrons. The highest BCUT2D eigenvalue weighted by Crippen LogP contribution is 2.50. The van der Waals surface area contributed by atoms with E-state index in [1.807, 2.05) is 33.8 Å². The smallest absolute Gasteiger partial charge is 0.327 e. The molecular formula is C53H76N8O9. The summed E-state index contributed by atoms with van der Waals surface area (Å²) in [7, 11) is 0. The van der Waals surface area contributed by atoms with Crippen LogP contribution in [0.15, 0.2) is 58.0 Å². The Morgan fingerprint density at radius 2 is 1.77 bits per heavy atom. The maximum absolute atomic E-state index is 14.8. The Labute approximate surface area is 411 Å². The predicted octanol–water partition coefficient (Wildman–Crippen LogP) is 5.50. The summed E-state index contributed by atoms with van der Waals surface area (Å²) in [6, 6.07) is 0. The zero-order valence-corrected chi connectivity index (χ0v) is 42.5. The number of anilines is 1. The Morgan fingerprint density at radius 3 is 2.49 bits per heavy atom. The van der Waals surface area contributed by atoms with Gasteiger partial charge in [0.2, 0.25) is 0 Å². The number of amides is 1. The van der Waals surface area contributed by atoms with Gasteiger partial charge in [-0.05, 0) is 75.8 Å². The maximum Gasteiger partial charge on any atom is 0.327 e. The monoisotopic (exact) mass is 969 g/mol. The summed E-state index contributed by atoms with van der Waals surface area (Å²) in [5.74, 6) is 1.45. The van der Waals surface area contributed by atoms with Crippen molar-refractivity contribution in [3.05, 3.63) is 69.9 Å². The molecule has 6 heterocycles. The van der Waals surface area contributed by atoms with E-state index in [4.69, 9.17) is 35.8 Å². The van der Waals surface area contributed by atoms with Crippen LogP contribution in [0.5, 0.6) is 17.2 Å². The number of phenols is 2. The van der Waals surface area contributed by atoms with Gasteiger partial charge in [0.25, 0.3) is 11.7 Å². The van der Waals surface area contributed by atoms with Gasteiger partial charge in [0.1, 0.15) is 35.2 Å². The number of phenolic OH excluding ortho intramolecular Hbond substituents is 2. The fourth-order valence-corrected chi connectivity index (χ4v) is 10.8. The van der Waals surface area contributed by atoms with Gasteiger partial charge >= 0.3 is 11.8 Å². The molecule has 70 heavy (non-hydrogen) atoms. The first-order valence-electron chi connectivity index (χ1n) is 25.2. The SMILES string of the molecule is C/C1=C/C=C/C(C)C[C@@H](C)C(O)[C@@H](C)C(OC(=O)CN(N)/C=C(\N)C2CCCCNC2)[C@H](C)C/C=C/OC2(C)Oc3c(C)c(O)c4c(O)c(c5c(c4c3C2=O)=NC2(CCN(CC(C)C)CC2)N=5)NC1=O. The second-order valence-electron chi connectivity index (χ2n) is 21.2. The summed E-state index contributed by atoms with van der Waals surface area (Å²) in [5.41, 5.74) is 6.65. The number of nitrogens with zero attached hydrogens (tertiary/aromatic N) is 4. The first kappa shape index (κ1) is 52.3. The molecule has 0 saturated carbocycles. The van der Waals surface area contributed by atoms with Crippen molar-refractivity contribution in [3.63, 3.8) is 0 Å². The number of piperidine rings is 1. The van der Waals surface area contributed by atoms with Crippen LogP contribution < -0.4 is 37.7 Å². The number of benzene rings is 2. The van der Waals surface area contributed by atoms with E-state index >= 15 is 0 Å². The molecule has 1 amide bonds. The quantitative estimate of drug-likeness (QED) is 0.0785. The molecule has 0 aliphatic carbocycles. The Hall–Kier alpha value is -5.49. The second-order valence-corrected chi connectivity index (χ2v) is 21.2. The van der Waals surface area contributed by atoms with Crippen molar-refractivity contribution in [2.75, 3.05) is 44.6 Å². The van der Waals surface area contributed by atoms with Crippen LogP contribution in [0.2, 0.25) is 0 Å². The second kappa shape index (κ2) is 21.5. The summed E-state index contributed by atoms with van der Waals surface area (Å²) >= 11 is 0. The molecule has 2 saturated heterocycles. The van der Waals surface area contributed by atoms with Gasteiger partial charge in [-0.25, -0.2) is 5.84 Å². The number of esters is 1. The minimum atomic E-state index is -1.91. The molecule has 2 fully saturated rings. The minimum absolute atomic E-state index is 0.0139. The third-order valence-corrected chi connectivity index (χ3v) is 14.8. The zero-order valence-electron chi connectivity index (χ0n) is 42.5. The fourth-order valence-electron chi connectivity index (χ4n) is 10.8.